The van der Waals surface area contributed by atoms with Crippen molar-refractivity contribution in [1.82, 2.24) is 4.98 Å². The minimum Gasteiger partial charge on any atom is -0.310 e. The maximum Gasteiger partial charge on any atom is 0.230 e. The van der Waals surface area contributed by atoms with Crippen LogP contribution >= 0.6 is 0 Å². The van der Waals surface area contributed by atoms with E-state index in [9.17, 15) is 4.79 Å². The number of hydrogen-bond acceptors (Lipinski definition) is 2. The number of anilines is 1. The molecule has 0 aliphatic carbocycles. The minimum absolute atomic E-state index is 0.0399. The van der Waals surface area contributed by atoms with Gasteiger partial charge in [0, 0.05) is 11.8 Å². The molecule has 0 aromatic carbocycles. The van der Waals surface area contributed by atoms with Gasteiger partial charge in [-0.25, -0.2) is 4.98 Å². The third kappa shape index (κ3) is 1.00. The first-order chi connectivity index (χ1) is 5.25. The highest BCUT2D eigenvalue weighted by Gasteiger charge is 2.17. The van der Waals surface area contributed by atoms with Gasteiger partial charge in [0.2, 0.25) is 5.91 Å². The van der Waals surface area contributed by atoms with Crippen LogP contribution in [-0.2, 0) is 11.2 Å². The molecule has 1 N–H and O–H groups in total. The quantitative estimate of drug-likeness (QED) is 0.469. The Morgan fingerprint density at radius 2 is 2.45 bits per heavy atom. The summed E-state index contributed by atoms with van der Waals surface area (Å²) in [5.41, 5.74) is 2.11. The topological polar surface area (TPSA) is 42.0 Å². The van der Waals surface area contributed by atoms with Crippen LogP contribution in [0.25, 0.3) is 0 Å². The van der Waals surface area contributed by atoms with Crippen LogP contribution in [0.4, 0.5) is 5.82 Å². The third-order valence-electron chi connectivity index (χ3n) is 1.71. The molecule has 2 heterocycles. The molecule has 0 bridgehead atoms. The van der Waals surface area contributed by atoms with Gasteiger partial charge in [0.1, 0.15) is 13.7 Å². The molecular formula is C7H7BN2O. The number of carbonyl (C=O) groups is 1. The van der Waals surface area contributed by atoms with Crippen molar-refractivity contribution in [2.75, 3.05) is 5.32 Å². The highest BCUT2D eigenvalue weighted by molar-refractivity contribution is 6.32. The lowest BCUT2D eigenvalue weighted by Gasteiger charge is -1.96. The van der Waals surface area contributed by atoms with Crippen LogP contribution in [0.15, 0.2) is 12.3 Å². The number of amides is 1. The Bertz CT molecular complexity index is 324. The van der Waals surface area contributed by atoms with Crippen LogP contribution in [0.5, 0.6) is 0 Å². The van der Waals surface area contributed by atoms with E-state index in [1.54, 1.807) is 6.20 Å². The van der Waals surface area contributed by atoms with Crippen molar-refractivity contribution in [3.63, 3.8) is 0 Å². The molecule has 0 saturated heterocycles. The van der Waals surface area contributed by atoms with Gasteiger partial charge < -0.3 is 5.32 Å². The van der Waals surface area contributed by atoms with E-state index < -0.39 is 0 Å². The van der Waals surface area contributed by atoms with E-state index in [0.717, 1.165) is 16.8 Å². The lowest BCUT2D eigenvalue weighted by Crippen LogP contribution is -2.05. The predicted molar refractivity (Wildman–Crippen MR) is 44.7 cm³/mol. The second kappa shape index (κ2) is 2.08. The summed E-state index contributed by atoms with van der Waals surface area (Å²) in [6.45, 7) is 0. The van der Waals surface area contributed by atoms with Crippen LogP contribution in [-0.4, -0.2) is 18.7 Å². The monoisotopic (exact) mass is 146 g/mol. The van der Waals surface area contributed by atoms with Crippen LogP contribution in [0.2, 0.25) is 0 Å². The normalized spacial score (nSPS) is 14.4. The smallest absolute Gasteiger partial charge is 0.230 e. The Morgan fingerprint density at radius 1 is 1.64 bits per heavy atom. The fourth-order valence-corrected chi connectivity index (χ4v) is 1.23. The maximum absolute atomic E-state index is 10.9. The number of nitrogens with zero attached hydrogens (tertiary/aromatic N) is 1. The Morgan fingerprint density at radius 3 is 3.27 bits per heavy atom. The van der Waals surface area contributed by atoms with Crippen molar-refractivity contribution in [3.05, 3.63) is 17.8 Å². The summed E-state index contributed by atoms with van der Waals surface area (Å²) >= 11 is 0. The van der Waals surface area contributed by atoms with Crippen LogP contribution < -0.4 is 10.8 Å². The van der Waals surface area contributed by atoms with Gasteiger partial charge in [-0.05, 0) is 0 Å². The summed E-state index contributed by atoms with van der Waals surface area (Å²) in [7, 11) is 1.97. The second-order valence-electron chi connectivity index (χ2n) is 2.75. The van der Waals surface area contributed by atoms with E-state index >= 15 is 0 Å². The molecule has 1 aromatic rings. The molecule has 0 spiro atoms. The molecule has 11 heavy (non-hydrogen) atoms. The Kier molecular flexibility index (Phi) is 1.21. The van der Waals surface area contributed by atoms with Crippen molar-refractivity contribution in [3.8, 4) is 0 Å². The van der Waals surface area contributed by atoms with E-state index in [1.807, 2.05) is 13.9 Å². The van der Waals surface area contributed by atoms with E-state index in [0.29, 0.717) is 6.42 Å². The van der Waals surface area contributed by atoms with Crippen molar-refractivity contribution in [1.29, 1.82) is 0 Å². The standard InChI is InChI=1S/C7H7BN2O/c8-5-1-4-2-6(11)10-7(4)9-3-5/h1,3H,2,8H2,(H,9,10,11). The fraction of sp³-hybridized carbons (Fsp3) is 0.143. The predicted octanol–water partition coefficient (Wildman–Crippen LogP) is -1.17. The molecule has 1 amide bonds. The molecule has 0 atom stereocenters. The van der Waals surface area contributed by atoms with Crippen molar-refractivity contribution in [2.24, 2.45) is 0 Å². The molecule has 0 radical (unpaired) electrons. The summed E-state index contributed by atoms with van der Waals surface area (Å²) < 4.78 is 0. The summed E-state index contributed by atoms with van der Waals surface area (Å²) in [6, 6.07) is 1.99. The molecule has 1 aliphatic heterocycles. The van der Waals surface area contributed by atoms with Gasteiger partial charge >= 0.3 is 0 Å². The number of aromatic nitrogens is 1. The van der Waals surface area contributed by atoms with Crippen LogP contribution in [0.1, 0.15) is 5.56 Å². The summed E-state index contributed by atoms with van der Waals surface area (Å²) in [5.74, 6) is 0.763. The van der Waals surface area contributed by atoms with Crippen molar-refractivity contribution >= 4 is 25.0 Å². The van der Waals surface area contributed by atoms with E-state index in [-0.39, 0.29) is 5.91 Å². The third-order valence-corrected chi connectivity index (χ3v) is 1.71. The SMILES string of the molecule is Bc1cnc2c(c1)CC(=O)N2. The van der Waals surface area contributed by atoms with Gasteiger partial charge in [0.05, 0.1) is 6.42 Å². The van der Waals surface area contributed by atoms with Gasteiger partial charge in [0.25, 0.3) is 0 Å². The zero-order valence-corrected chi connectivity index (χ0v) is 6.22. The Balaban J connectivity index is 2.51. The number of nitrogens with one attached hydrogen (secondary N) is 1. The molecule has 0 fully saturated rings. The van der Waals surface area contributed by atoms with Gasteiger partial charge in [-0.2, -0.15) is 0 Å². The summed E-state index contributed by atoms with van der Waals surface area (Å²) in [5, 5.41) is 2.67. The Labute approximate surface area is 65.2 Å². The van der Waals surface area contributed by atoms with Gasteiger partial charge in [-0.1, -0.05) is 11.5 Å². The van der Waals surface area contributed by atoms with Gasteiger partial charge in [-0.15, -0.1) is 0 Å². The average molecular weight is 146 g/mol. The molecule has 4 heteroatoms. The first-order valence-corrected chi connectivity index (χ1v) is 3.51. The molecule has 0 saturated carbocycles. The molecule has 3 nitrogen and oxygen atoms in total. The highest BCUT2D eigenvalue weighted by atomic mass is 16.1. The zero-order valence-electron chi connectivity index (χ0n) is 6.22. The lowest BCUT2D eigenvalue weighted by atomic mass is 9.97. The average Bonchev–Trinajstić information content (AvgIpc) is 2.27. The first kappa shape index (κ1) is 6.40. The number of pyridine rings is 1. The largest absolute Gasteiger partial charge is 0.310 e. The molecular weight excluding hydrogens is 139 g/mol. The number of fused-ring (bicyclic) bond motifs is 1. The number of hydrogen-bond donors (Lipinski definition) is 1. The van der Waals surface area contributed by atoms with Gasteiger partial charge in [0.15, 0.2) is 0 Å². The molecule has 2 rings (SSSR count). The maximum atomic E-state index is 10.9. The molecule has 1 aromatic heterocycles. The summed E-state index contributed by atoms with van der Waals surface area (Å²) in [4.78, 5) is 14.9. The summed E-state index contributed by atoms with van der Waals surface area (Å²) in [6.07, 6.45) is 2.23. The molecule has 1 aliphatic rings. The van der Waals surface area contributed by atoms with E-state index in [2.05, 4.69) is 10.3 Å². The van der Waals surface area contributed by atoms with E-state index in [1.165, 1.54) is 0 Å². The second-order valence-corrected chi connectivity index (χ2v) is 2.75. The van der Waals surface area contributed by atoms with Crippen LogP contribution in [0.3, 0.4) is 0 Å². The lowest BCUT2D eigenvalue weighted by molar-refractivity contribution is -0.115. The van der Waals surface area contributed by atoms with Crippen molar-refractivity contribution in [2.45, 2.75) is 6.42 Å². The number of carbonyl (C=O) groups excluding carboxylic acids is 1. The minimum atomic E-state index is 0.0399. The van der Waals surface area contributed by atoms with Crippen molar-refractivity contribution < 1.29 is 4.79 Å². The Hall–Kier alpha value is -1.32. The highest BCUT2D eigenvalue weighted by Crippen LogP contribution is 2.17. The molecule has 0 unspecified atom stereocenters. The van der Waals surface area contributed by atoms with Gasteiger partial charge in [-0.3, -0.25) is 4.79 Å². The zero-order chi connectivity index (χ0) is 7.84. The number of rotatable bonds is 0. The van der Waals surface area contributed by atoms with E-state index in [4.69, 9.17) is 0 Å². The van der Waals surface area contributed by atoms with Crippen LogP contribution in [0, 0.1) is 0 Å². The fourth-order valence-electron chi connectivity index (χ4n) is 1.23. The first-order valence-electron chi connectivity index (χ1n) is 3.51. The molecule has 54 valence electrons.